The smallest absolute Gasteiger partial charge is 0.227 e. The number of hydrogen-bond acceptors (Lipinski definition) is 1. The number of halogens is 3. The summed E-state index contributed by atoms with van der Waals surface area (Å²) in [5.74, 6) is -1.96. The summed E-state index contributed by atoms with van der Waals surface area (Å²) in [6, 6.07) is 7.64. The van der Waals surface area contributed by atoms with Crippen molar-refractivity contribution in [1.82, 2.24) is 9.88 Å². The molecule has 1 amide bonds. The lowest BCUT2D eigenvalue weighted by Crippen LogP contribution is -2.28. The maximum atomic E-state index is 13.7. The Kier molecular flexibility index (Phi) is 4.53. The van der Waals surface area contributed by atoms with Crippen LogP contribution in [0, 0.1) is 24.4 Å². The molecule has 6 heteroatoms. The molecule has 1 aromatic heterocycles. The third-order valence-electron chi connectivity index (χ3n) is 4.26. The number of fused-ring (bicyclic) bond motifs is 1. The van der Waals surface area contributed by atoms with Crippen LogP contribution in [0.2, 0.25) is 0 Å². The van der Waals surface area contributed by atoms with Crippen LogP contribution in [0.15, 0.2) is 36.4 Å². The number of amides is 1. The maximum Gasteiger partial charge on any atom is 0.227 e. The minimum atomic E-state index is -0.690. The SMILES string of the molecule is Cc1[nH]c2ccc(F)cc2c1CC(=O)N(C)Cc1ccc(F)cc1F. The van der Waals surface area contributed by atoms with Crippen molar-refractivity contribution in [2.45, 2.75) is 19.9 Å². The Morgan fingerprint density at radius 1 is 1.08 bits per heavy atom. The van der Waals surface area contributed by atoms with Gasteiger partial charge in [0.2, 0.25) is 5.91 Å². The topological polar surface area (TPSA) is 36.1 Å². The molecular formula is C19H17F3N2O. The van der Waals surface area contributed by atoms with Crippen LogP contribution in [0.25, 0.3) is 10.9 Å². The summed E-state index contributed by atoms with van der Waals surface area (Å²) in [6.07, 6.45) is 0.0641. The van der Waals surface area contributed by atoms with Crippen molar-refractivity contribution in [3.8, 4) is 0 Å². The van der Waals surface area contributed by atoms with Crippen molar-refractivity contribution in [3.05, 3.63) is 70.7 Å². The quantitative estimate of drug-likeness (QED) is 0.759. The molecular weight excluding hydrogens is 329 g/mol. The highest BCUT2D eigenvalue weighted by Gasteiger charge is 2.17. The molecule has 0 unspecified atom stereocenters. The van der Waals surface area contributed by atoms with Gasteiger partial charge in [-0.2, -0.15) is 0 Å². The fourth-order valence-corrected chi connectivity index (χ4v) is 2.86. The van der Waals surface area contributed by atoms with E-state index in [1.807, 2.05) is 6.92 Å². The van der Waals surface area contributed by atoms with Gasteiger partial charge in [0.15, 0.2) is 0 Å². The van der Waals surface area contributed by atoms with Crippen molar-refractivity contribution >= 4 is 16.8 Å². The Hall–Kier alpha value is -2.76. The van der Waals surface area contributed by atoms with Crippen molar-refractivity contribution in [3.63, 3.8) is 0 Å². The van der Waals surface area contributed by atoms with E-state index in [0.717, 1.165) is 23.3 Å². The van der Waals surface area contributed by atoms with Gasteiger partial charge < -0.3 is 9.88 Å². The maximum absolute atomic E-state index is 13.7. The minimum absolute atomic E-state index is 0.0285. The highest BCUT2D eigenvalue weighted by molar-refractivity contribution is 5.90. The number of aromatic amines is 1. The third-order valence-corrected chi connectivity index (χ3v) is 4.26. The molecule has 1 heterocycles. The Labute approximate surface area is 143 Å². The first-order valence-corrected chi connectivity index (χ1v) is 7.79. The van der Waals surface area contributed by atoms with Crippen molar-refractivity contribution in [2.24, 2.45) is 0 Å². The zero-order chi connectivity index (χ0) is 18.1. The number of nitrogens with one attached hydrogen (secondary N) is 1. The molecule has 0 saturated carbocycles. The highest BCUT2D eigenvalue weighted by Crippen LogP contribution is 2.24. The second-order valence-corrected chi connectivity index (χ2v) is 6.08. The summed E-state index contributed by atoms with van der Waals surface area (Å²) in [5, 5.41) is 0.659. The molecule has 0 saturated heterocycles. The first-order valence-electron chi connectivity index (χ1n) is 7.79. The third kappa shape index (κ3) is 3.52. The Balaban J connectivity index is 1.80. The van der Waals surface area contributed by atoms with Crippen molar-refractivity contribution < 1.29 is 18.0 Å². The number of aryl methyl sites for hydroxylation is 1. The molecule has 0 radical (unpaired) electrons. The van der Waals surface area contributed by atoms with Gasteiger partial charge in [0.05, 0.1) is 6.42 Å². The van der Waals surface area contributed by atoms with Crippen LogP contribution in [0.4, 0.5) is 13.2 Å². The fourth-order valence-electron chi connectivity index (χ4n) is 2.86. The number of benzene rings is 2. The molecule has 0 spiro atoms. The molecule has 0 aliphatic carbocycles. The summed E-state index contributed by atoms with van der Waals surface area (Å²) >= 11 is 0. The molecule has 3 nitrogen and oxygen atoms in total. The molecule has 3 aromatic rings. The Morgan fingerprint density at radius 2 is 1.76 bits per heavy atom. The van der Waals surface area contributed by atoms with Gasteiger partial charge in [0.1, 0.15) is 17.5 Å². The second-order valence-electron chi connectivity index (χ2n) is 6.08. The molecule has 0 fully saturated rings. The van der Waals surface area contributed by atoms with Gasteiger partial charge in [-0.25, -0.2) is 13.2 Å². The predicted octanol–water partition coefficient (Wildman–Crippen LogP) is 4.09. The van der Waals surface area contributed by atoms with E-state index in [-0.39, 0.29) is 30.3 Å². The van der Waals surface area contributed by atoms with Gasteiger partial charge in [-0.05, 0) is 36.8 Å². The Morgan fingerprint density at radius 3 is 2.48 bits per heavy atom. The molecule has 3 rings (SSSR count). The van der Waals surface area contributed by atoms with E-state index < -0.39 is 11.6 Å². The number of hydrogen-bond donors (Lipinski definition) is 1. The zero-order valence-corrected chi connectivity index (χ0v) is 13.9. The average molecular weight is 346 g/mol. The standard InChI is InChI=1S/C19H17F3N2O/c1-11-15(16-7-13(20)5-6-18(16)23-11)9-19(25)24(2)10-12-3-4-14(21)8-17(12)22/h3-8,23H,9-10H2,1-2H3. The van der Waals surface area contributed by atoms with E-state index >= 15 is 0 Å². The number of nitrogens with zero attached hydrogens (tertiary/aromatic N) is 1. The number of H-pyrrole nitrogens is 1. The van der Waals surface area contributed by atoms with E-state index in [2.05, 4.69) is 4.98 Å². The highest BCUT2D eigenvalue weighted by atomic mass is 19.1. The van der Waals surface area contributed by atoms with Crippen LogP contribution in [0.5, 0.6) is 0 Å². The average Bonchev–Trinajstić information content (AvgIpc) is 2.85. The lowest BCUT2D eigenvalue weighted by molar-refractivity contribution is -0.129. The summed E-state index contributed by atoms with van der Waals surface area (Å²) in [6.45, 7) is 1.85. The summed E-state index contributed by atoms with van der Waals surface area (Å²) in [7, 11) is 1.55. The van der Waals surface area contributed by atoms with Crippen LogP contribution in [-0.2, 0) is 17.8 Å². The van der Waals surface area contributed by atoms with E-state index in [1.54, 1.807) is 13.1 Å². The van der Waals surface area contributed by atoms with Crippen LogP contribution in [0.3, 0.4) is 0 Å². The van der Waals surface area contributed by atoms with Crippen LogP contribution in [0.1, 0.15) is 16.8 Å². The molecule has 130 valence electrons. The number of aromatic nitrogens is 1. The van der Waals surface area contributed by atoms with Gasteiger partial charge in [0.25, 0.3) is 0 Å². The molecule has 0 aliphatic rings. The largest absolute Gasteiger partial charge is 0.358 e. The molecule has 1 N–H and O–H groups in total. The Bertz CT molecular complexity index is 949. The zero-order valence-electron chi connectivity index (χ0n) is 13.9. The first-order chi connectivity index (χ1) is 11.8. The summed E-state index contributed by atoms with van der Waals surface area (Å²) in [5.41, 5.74) is 2.49. The van der Waals surface area contributed by atoms with Crippen molar-refractivity contribution in [1.29, 1.82) is 0 Å². The van der Waals surface area contributed by atoms with Gasteiger partial charge in [-0.15, -0.1) is 0 Å². The number of carbonyl (C=O) groups is 1. The van der Waals surface area contributed by atoms with E-state index in [9.17, 15) is 18.0 Å². The lowest BCUT2D eigenvalue weighted by atomic mass is 10.1. The van der Waals surface area contributed by atoms with Gasteiger partial charge in [-0.1, -0.05) is 6.07 Å². The second kappa shape index (κ2) is 6.63. The van der Waals surface area contributed by atoms with Crippen LogP contribution >= 0.6 is 0 Å². The number of rotatable bonds is 4. The van der Waals surface area contributed by atoms with E-state index in [1.165, 1.54) is 23.1 Å². The number of likely N-dealkylation sites (N-methyl/N-ethyl adjacent to an activating group) is 1. The predicted molar refractivity (Wildman–Crippen MR) is 89.5 cm³/mol. The van der Waals surface area contributed by atoms with E-state index in [0.29, 0.717) is 10.9 Å². The van der Waals surface area contributed by atoms with E-state index in [4.69, 9.17) is 0 Å². The molecule has 2 aromatic carbocycles. The normalized spacial score (nSPS) is 11.1. The monoisotopic (exact) mass is 346 g/mol. The summed E-state index contributed by atoms with van der Waals surface area (Å²) in [4.78, 5) is 17.0. The molecule has 0 bridgehead atoms. The van der Waals surface area contributed by atoms with Gasteiger partial charge >= 0.3 is 0 Å². The van der Waals surface area contributed by atoms with Gasteiger partial charge in [0, 0.05) is 41.8 Å². The van der Waals surface area contributed by atoms with Gasteiger partial charge in [-0.3, -0.25) is 4.79 Å². The molecule has 0 aliphatic heterocycles. The fraction of sp³-hybridized carbons (Fsp3) is 0.211. The van der Waals surface area contributed by atoms with Crippen LogP contribution < -0.4 is 0 Å². The first kappa shape index (κ1) is 17.1. The molecule has 0 atom stereocenters. The minimum Gasteiger partial charge on any atom is -0.358 e. The van der Waals surface area contributed by atoms with Crippen LogP contribution in [-0.4, -0.2) is 22.8 Å². The number of carbonyl (C=O) groups excluding carboxylic acids is 1. The lowest BCUT2D eigenvalue weighted by Gasteiger charge is -2.18. The van der Waals surface area contributed by atoms with Crippen molar-refractivity contribution in [2.75, 3.05) is 7.05 Å². The summed E-state index contributed by atoms with van der Waals surface area (Å²) < 4.78 is 40.2. The molecule has 25 heavy (non-hydrogen) atoms.